The zero-order valence-electron chi connectivity index (χ0n) is 23.3. The minimum absolute atomic E-state index is 0.126. The van der Waals surface area contributed by atoms with E-state index < -0.39 is 6.10 Å². The zero-order valence-corrected chi connectivity index (χ0v) is 23.3. The smallest absolute Gasteiger partial charge is 0.338 e. The molecule has 2 aromatic carbocycles. The topological polar surface area (TPSA) is 55.4 Å². The van der Waals surface area contributed by atoms with Crippen LogP contribution in [0.25, 0.3) is 0 Å². The molecule has 1 saturated carbocycles. The van der Waals surface area contributed by atoms with Crippen molar-refractivity contribution < 1.29 is 14.3 Å². The second-order valence-corrected chi connectivity index (χ2v) is 12.1. The lowest BCUT2D eigenvalue weighted by Gasteiger charge is -2.48. The van der Waals surface area contributed by atoms with Crippen molar-refractivity contribution in [2.24, 2.45) is 16.7 Å². The summed E-state index contributed by atoms with van der Waals surface area (Å²) in [6.07, 6.45) is 8.28. The molecule has 0 bridgehead atoms. The van der Waals surface area contributed by atoms with Crippen molar-refractivity contribution >= 4 is 17.6 Å². The van der Waals surface area contributed by atoms with Gasteiger partial charge in [-0.05, 0) is 79.4 Å². The number of hydrogen-bond donors (Lipinski definition) is 1. The van der Waals surface area contributed by atoms with Gasteiger partial charge in [0.2, 0.25) is 0 Å². The number of allylic oxidation sites excluding steroid dienone is 4. The van der Waals surface area contributed by atoms with E-state index in [1.807, 2.05) is 67.6 Å². The van der Waals surface area contributed by atoms with Gasteiger partial charge in [0.1, 0.15) is 6.10 Å². The van der Waals surface area contributed by atoms with Crippen molar-refractivity contribution in [1.29, 1.82) is 0 Å². The molecule has 0 heterocycles. The maximum absolute atomic E-state index is 13.5. The third-order valence-electron chi connectivity index (χ3n) is 9.08. The quantitative estimate of drug-likeness (QED) is 0.416. The Bertz CT molecular complexity index is 1330. The molecular formula is C34H39NO3. The van der Waals surface area contributed by atoms with E-state index in [2.05, 4.69) is 39.1 Å². The Labute approximate surface area is 226 Å². The van der Waals surface area contributed by atoms with E-state index in [1.165, 1.54) is 16.7 Å². The van der Waals surface area contributed by atoms with Crippen LogP contribution in [0.4, 0.5) is 5.69 Å². The lowest BCUT2D eigenvalue weighted by molar-refractivity contribution is -0.113. The summed E-state index contributed by atoms with van der Waals surface area (Å²) in [4.78, 5) is 26.9. The SMILES string of the molecule is Cc1ccc(C(=O)O[C@H]2CC(C(=O)Nc3ccccc3)=CC=C3C4=C(C(C)C)CC[C@]4(C)CC[C@]32C)cc1. The third-order valence-corrected chi connectivity index (χ3v) is 9.08. The number of fused-ring (bicyclic) bond motifs is 3. The third kappa shape index (κ3) is 4.77. The molecule has 3 aliphatic rings. The highest BCUT2D eigenvalue weighted by Crippen LogP contribution is 2.62. The predicted octanol–water partition coefficient (Wildman–Crippen LogP) is 7.97. The zero-order chi connectivity index (χ0) is 27.1. The fraction of sp³-hybridized carbons (Fsp3) is 0.412. The van der Waals surface area contributed by atoms with Gasteiger partial charge < -0.3 is 10.1 Å². The Morgan fingerprint density at radius 2 is 1.66 bits per heavy atom. The number of esters is 1. The van der Waals surface area contributed by atoms with Crippen LogP contribution in [0.15, 0.2) is 89.0 Å². The first-order valence-electron chi connectivity index (χ1n) is 13.9. The second-order valence-electron chi connectivity index (χ2n) is 12.1. The number of anilines is 1. The molecule has 0 saturated heterocycles. The molecule has 0 unspecified atom stereocenters. The van der Waals surface area contributed by atoms with Gasteiger partial charge in [-0.3, -0.25) is 4.79 Å². The Morgan fingerprint density at radius 3 is 2.34 bits per heavy atom. The molecule has 0 aliphatic heterocycles. The molecular weight excluding hydrogens is 470 g/mol. The van der Waals surface area contributed by atoms with Gasteiger partial charge in [-0.25, -0.2) is 4.79 Å². The summed E-state index contributed by atoms with van der Waals surface area (Å²) in [5.41, 5.74) is 6.96. The Balaban J connectivity index is 1.56. The molecule has 0 radical (unpaired) electrons. The van der Waals surface area contributed by atoms with Crippen LogP contribution in [0.2, 0.25) is 0 Å². The molecule has 38 heavy (non-hydrogen) atoms. The van der Waals surface area contributed by atoms with Crippen LogP contribution in [0, 0.1) is 23.7 Å². The summed E-state index contributed by atoms with van der Waals surface area (Å²) >= 11 is 0. The molecule has 1 N–H and O–H groups in total. The molecule has 1 amide bonds. The highest BCUT2D eigenvalue weighted by Gasteiger charge is 2.53. The monoisotopic (exact) mass is 509 g/mol. The summed E-state index contributed by atoms with van der Waals surface area (Å²) in [7, 11) is 0. The van der Waals surface area contributed by atoms with E-state index in [9.17, 15) is 9.59 Å². The number of para-hydroxylation sites is 1. The van der Waals surface area contributed by atoms with Crippen molar-refractivity contribution in [2.75, 3.05) is 5.32 Å². The maximum Gasteiger partial charge on any atom is 0.338 e. The van der Waals surface area contributed by atoms with Crippen molar-refractivity contribution in [3.63, 3.8) is 0 Å². The number of aryl methyl sites for hydroxylation is 1. The van der Waals surface area contributed by atoms with E-state index >= 15 is 0 Å². The van der Waals surface area contributed by atoms with Crippen molar-refractivity contribution in [3.8, 4) is 0 Å². The van der Waals surface area contributed by atoms with Gasteiger partial charge >= 0.3 is 5.97 Å². The summed E-state index contributed by atoms with van der Waals surface area (Å²) < 4.78 is 6.35. The Hall–Kier alpha value is -3.40. The number of hydrogen-bond acceptors (Lipinski definition) is 3. The highest BCUT2D eigenvalue weighted by molar-refractivity contribution is 6.04. The van der Waals surface area contributed by atoms with Gasteiger partial charge in [0, 0.05) is 23.1 Å². The molecule has 3 aliphatic carbocycles. The number of carbonyl (C=O) groups is 2. The molecule has 198 valence electrons. The number of rotatable bonds is 5. The van der Waals surface area contributed by atoms with Gasteiger partial charge in [-0.15, -0.1) is 0 Å². The summed E-state index contributed by atoms with van der Waals surface area (Å²) in [6.45, 7) is 11.2. The standard InChI is InChI=1S/C34H39NO3/c1-22(2)27-17-18-33(4)19-20-34(5)28(30(27)33)16-15-25(31(36)35-26-9-7-6-8-10-26)21-29(34)38-32(37)24-13-11-23(3)12-14-24/h6-16,22,29H,17-21H2,1-5H3,(H,35,36)/t29-,33+,34+/m0/s1. The first-order valence-corrected chi connectivity index (χ1v) is 13.9. The van der Waals surface area contributed by atoms with Gasteiger partial charge in [0.15, 0.2) is 0 Å². The number of carbonyl (C=O) groups excluding carboxylic acids is 2. The van der Waals surface area contributed by atoms with Gasteiger partial charge in [-0.2, -0.15) is 0 Å². The summed E-state index contributed by atoms with van der Waals surface area (Å²) in [6, 6.07) is 17.0. The van der Waals surface area contributed by atoms with E-state index in [1.54, 1.807) is 0 Å². The van der Waals surface area contributed by atoms with Crippen molar-refractivity contribution in [1.82, 2.24) is 0 Å². The van der Waals surface area contributed by atoms with Crippen molar-refractivity contribution in [3.05, 3.63) is 100 Å². The van der Waals surface area contributed by atoms with Gasteiger partial charge in [-0.1, -0.05) is 81.3 Å². The van der Waals surface area contributed by atoms with E-state index in [4.69, 9.17) is 4.74 Å². The fourth-order valence-corrected chi connectivity index (χ4v) is 6.57. The molecule has 1 fully saturated rings. The van der Waals surface area contributed by atoms with Crippen LogP contribution >= 0.6 is 0 Å². The van der Waals surface area contributed by atoms with Gasteiger partial charge in [0.05, 0.1) is 5.56 Å². The molecule has 0 aromatic heterocycles. The number of amides is 1. The molecule has 4 nitrogen and oxygen atoms in total. The molecule has 5 rings (SSSR count). The van der Waals surface area contributed by atoms with Gasteiger partial charge in [0.25, 0.3) is 5.91 Å². The molecule has 4 heteroatoms. The lowest BCUT2D eigenvalue weighted by Crippen LogP contribution is -2.44. The second kappa shape index (κ2) is 10.1. The number of ether oxygens (including phenoxy) is 1. The Kier molecular flexibility index (Phi) is 6.94. The lowest BCUT2D eigenvalue weighted by atomic mass is 9.57. The minimum atomic E-state index is -0.455. The van der Waals surface area contributed by atoms with Crippen LogP contribution in [0.5, 0.6) is 0 Å². The molecule has 3 atom stereocenters. The normalized spacial score (nSPS) is 26.6. The average Bonchev–Trinajstić information content (AvgIpc) is 3.18. The first-order chi connectivity index (χ1) is 18.1. The van der Waals surface area contributed by atoms with Crippen LogP contribution in [-0.4, -0.2) is 18.0 Å². The maximum atomic E-state index is 13.5. The van der Waals surface area contributed by atoms with Crippen LogP contribution in [0.1, 0.15) is 75.7 Å². The first kappa shape index (κ1) is 26.2. The fourth-order valence-electron chi connectivity index (χ4n) is 6.57. The van der Waals surface area contributed by atoms with E-state index in [0.717, 1.165) is 36.9 Å². The average molecular weight is 510 g/mol. The number of nitrogens with one attached hydrogen (secondary N) is 1. The largest absolute Gasteiger partial charge is 0.457 e. The van der Waals surface area contributed by atoms with Crippen LogP contribution < -0.4 is 5.32 Å². The number of benzene rings is 2. The molecule has 2 aromatic rings. The molecule has 0 spiro atoms. The summed E-state index contributed by atoms with van der Waals surface area (Å²) in [5.74, 6) is -0.0336. The minimum Gasteiger partial charge on any atom is -0.457 e. The Morgan fingerprint density at radius 1 is 0.947 bits per heavy atom. The summed E-state index contributed by atoms with van der Waals surface area (Å²) in [5, 5.41) is 3.04. The highest BCUT2D eigenvalue weighted by atomic mass is 16.5. The van der Waals surface area contributed by atoms with E-state index in [-0.39, 0.29) is 22.7 Å². The van der Waals surface area contributed by atoms with Crippen molar-refractivity contribution in [2.45, 2.75) is 72.8 Å². The van der Waals surface area contributed by atoms with E-state index in [0.29, 0.717) is 23.5 Å². The predicted molar refractivity (Wildman–Crippen MR) is 153 cm³/mol. The van der Waals surface area contributed by atoms with Crippen LogP contribution in [0.3, 0.4) is 0 Å². The van der Waals surface area contributed by atoms with Crippen LogP contribution in [-0.2, 0) is 9.53 Å².